The zero-order valence-corrected chi connectivity index (χ0v) is 19.0. The van der Waals surface area contributed by atoms with Gasteiger partial charge in [-0.2, -0.15) is 0 Å². The van der Waals surface area contributed by atoms with E-state index in [4.69, 9.17) is 13.9 Å². The maximum absolute atomic E-state index is 13.1. The Hall–Kier alpha value is -3.52. The van der Waals surface area contributed by atoms with Crippen LogP contribution in [-0.4, -0.2) is 35.9 Å². The second-order valence-corrected chi connectivity index (χ2v) is 8.04. The predicted molar refractivity (Wildman–Crippen MR) is 120 cm³/mol. The number of rotatable bonds is 6. The molecule has 4 rings (SSSR count). The van der Waals surface area contributed by atoms with Gasteiger partial charge in [-0.05, 0) is 42.5 Å². The van der Waals surface area contributed by atoms with Gasteiger partial charge in [0.15, 0.2) is 0 Å². The van der Waals surface area contributed by atoms with Gasteiger partial charge in [-0.3, -0.25) is 9.59 Å². The summed E-state index contributed by atoms with van der Waals surface area (Å²) >= 11 is 3.36. The molecular formula is C24H20BrNO6. The van der Waals surface area contributed by atoms with E-state index in [0.29, 0.717) is 28.4 Å². The topological polar surface area (TPSA) is 89.2 Å². The molecular weight excluding hydrogens is 478 g/mol. The fraction of sp³-hybridized carbons (Fsp3) is 0.167. The molecule has 0 bridgehead atoms. The van der Waals surface area contributed by atoms with Crippen molar-refractivity contribution in [1.82, 2.24) is 4.90 Å². The summed E-state index contributed by atoms with van der Waals surface area (Å²) < 4.78 is 17.1. The SMILES string of the molecule is COc1ccc(OC)c(C2C(=C(O)c3ccc(Br)cc3)C(=O)C(=O)N2Cc2ccco2)c1. The zero-order chi connectivity index (χ0) is 22.8. The van der Waals surface area contributed by atoms with Crippen LogP contribution in [0.15, 0.2) is 75.3 Å². The fourth-order valence-electron chi connectivity index (χ4n) is 3.75. The van der Waals surface area contributed by atoms with Gasteiger partial charge in [-0.15, -0.1) is 0 Å². The number of carbonyl (C=O) groups is 2. The quantitative estimate of drug-likeness (QED) is 0.302. The van der Waals surface area contributed by atoms with Crippen LogP contribution in [0.2, 0.25) is 0 Å². The molecule has 0 saturated carbocycles. The molecule has 1 aliphatic rings. The van der Waals surface area contributed by atoms with Crippen LogP contribution in [0.25, 0.3) is 5.76 Å². The summed E-state index contributed by atoms with van der Waals surface area (Å²) in [6, 6.07) is 14.4. The molecule has 0 radical (unpaired) electrons. The summed E-state index contributed by atoms with van der Waals surface area (Å²) in [4.78, 5) is 27.6. The van der Waals surface area contributed by atoms with Gasteiger partial charge in [0.2, 0.25) is 0 Å². The highest BCUT2D eigenvalue weighted by Gasteiger charge is 2.47. The van der Waals surface area contributed by atoms with Gasteiger partial charge in [-0.1, -0.05) is 28.1 Å². The molecule has 1 saturated heterocycles. The Morgan fingerprint density at radius 1 is 1.09 bits per heavy atom. The largest absolute Gasteiger partial charge is 0.507 e. The minimum absolute atomic E-state index is 0.0320. The third kappa shape index (κ3) is 3.89. The highest BCUT2D eigenvalue weighted by atomic mass is 79.9. The predicted octanol–water partition coefficient (Wildman–Crippen LogP) is 4.68. The molecule has 164 valence electrons. The summed E-state index contributed by atoms with van der Waals surface area (Å²) in [5.41, 5.74) is 0.891. The van der Waals surface area contributed by atoms with Crippen molar-refractivity contribution < 1.29 is 28.6 Å². The number of Topliss-reactive ketones (excluding diaryl/α,β-unsaturated/α-hetero) is 1. The zero-order valence-electron chi connectivity index (χ0n) is 17.4. The number of carbonyl (C=O) groups excluding carboxylic acids is 2. The number of aliphatic hydroxyl groups excluding tert-OH is 1. The molecule has 32 heavy (non-hydrogen) atoms. The van der Waals surface area contributed by atoms with E-state index in [0.717, 1.165) is 4.47 Å². The molecule has 8 heteroatoms. The van der Waals surface area contributed by atoms with E-state index in [1.165, 1.54) is 25.4 Å². The Labute approximate surface area is 193 Å². The van der Waals surface area contributed by atoms with E-state index in [1.54, 1.807) is 54.6 Å². The molecule has 2 heterocycles. The lowest BCUT2D eigenvalue weighted by atomic mass is 9.94. The molecule has 0 aliphatic carbocycles. The number of nitrogens with zero attached hydrogens (tertiary/aromatic N) is 1. The van der Waals surface area contributed by atoms with Gasteiger partial charge in [0, 0.05) is 15.6 Å². The number of hydrogen-bond donors (Lipinski definition) is 1. The summed E-state index contributed by atoms with van der Waals surface area (Å²) in [6.45, 7) is 0.0414. The number of hydrogen-bond acceptors (Lipinski definition) is 6. The van der Waals surface area contributed by atoms with Crippen LogP contribution >= 0.6 is 15.9 Å². The van der Waals surface area contributed by atoms with Crippen molar-refractivity contribution in [3.63, 3.8) is 0 Å². The average molecular weight is 498 g/mol. The van der Waals surface area contributed by atoms with Gasteiger partial charge in [0.25, 0.3) is 11.7 Å². The molecule has 1 fully saturated rings. The number of ether oxygens (including phenoxy) is 2. The molecule has 7 nitrogen and oxygen atoms in total. The molecule has 1 atom stereocenters. The average Bonchev–Trinajstić information content (AvgIpc) is 3.41. The van der Waals surface area contributed by atoms with Crippen molar-refractivity contribution in [3.8, 4) is 11.5 Å². The van der Waals surface area contributed by atoms with Gasteiger partial charge in [-0.25, -0.2) is 0 Å². The summed E-state index contributed by atoms with van der Waals surface area (Å²) in [6.07, 6.45) is 1.49. The van der Waals surface area contributed by atoms with Crippen LogP contribution in [0.5, 0.6) is 11.5 Å². The normalized spacial score (nSPS) is 17.6. The van der Waals surface area contributed by atoms with Gasteiger partial charge < -0.3 is 23.9 Å². The number of likely N-dealkylation sites (tertiary alicyclic amines) is 1. The van der Waals surface area contributed by atoms with Crippen molar-refractivity contribution in [2.24, 2.45) is 0 Å². The van der Waals surface area contributed by atoms with Crippen molar-refractivity contribution >= 4 is 33.4 Å². The van der Waals surface area contributed by atoms with E-state index in [-0.39, 0.29) is 17.9 Å². The summed E-state index contributed by atoms with van der Waals surface area (Å²) in [5, 5.41) is 11.1. The van der Waals surface area contributed by atoms with Crippen molar-refractivity contribution in [3.05, 3.63) is 87.8 Å². The van der Waals surface area contributed by atoms with E-state index in [1.807, 2.05) is 0 Å². The maximum atomic E-state index is 13.1. The van der Waals surface area contributed by atoms with E-state index < -0.39 is 17.7 Å². The van der Waals surface area contributed by atoms with Crippen molar-refractivity contribution in [2.45, 2.75) is 12.6 Å². The first-order valence-electron chi connectivity index (χ1n) is 9.73. The molecule has 1 aliphatic heterocycles. The van der Waals surface area contributed by atoms with Crippen LogP contribution in [0.4, 0.5) is 0 Å². The first kappa shape index (κ1) is 21.7. The minimum atomic E-state index is -0.909. The van der Waals surface area contributed by atoms with E-state index in [9.17, 15) is 14.7 Å². The fourth-order valence-corrected chi connectivity index (χ4v) is 4.02. The van der Waals surface area contributed by atoms with Gasteiger partial charge >= 0.3 is 0 Å². The highest BCUT2D eigenvalue weighted by molar-refractivity contribution is 9.10. The molecule has 1 aromatic heterocycles. The number of furan rings is 1. The number of halogens is 1. The minimum Gasteiger partial charge on any atom is -0.507 e. The third-order valence-corrected chi connectivity index (χ3v) is 5.82. The Morgan fingerprint density at radius 2 is 1.84 bits per heavy atom. The monoisotopic (exact) mass is 497 g/mol. The van der Waals surface area contributed by atoms with Crippen LogP contribution in [-0.2, 0) is 16.1 Å². The van der Waals surface area contributed by atoms with Crippen LogP contribution in [0.3, 0.4) is 0 Å². The third-order valence-electron chi connectivity index (χ3n) is 5.30. The molecule has 1 unspecified atom stereocenters. The van der Waals surface area contributed by atoms with E-state index in [2.05, 4.69) is 15.9 Å². The second kappa shape index (κ2) is 8.92. The van der Waals surface area contributed by atoms with Crippen LogP contribution in [0, 0.1) is 0 Å². The van der Waals surface area contributed by atoms with Crippen LogP contribution in [0.1, 0.15) is 22.9 Å². The molecule has 0 spiro atoms. The maximum Gasteiger partial charge on any atom is 0.296 e. The Kier molecular flexibility index (Phi) is 6.05. The van der Waals surface area contributed by atoms with Gasteiger partial charge in [0.1, 0.15) is 23.0 Å². The first-order chi connectivity index (χ1) is 15.4. The molecule has 2 aromatic carbocycles. The Morgan fingerprint density at radius 3 is 2.47 bits per heavy atom. The second-order valence-electron chi connectivity index (χ2n) is 7.12. The lowest BCUT2D eigenvalue weighted by Crippen LogP contribution is -2.29. The van der Waals surface area contributed by atoms with Crippen molar-refractivity contribution in [2.75, 3.05) is 14.2 Å². The first-order valence-corrected chi connectivity index (χ1v) is 10.5. The number of aliphatic hydroxyl groups is 1. The van der Waals surface area contributed by atoms with Crippen LogP contribution < -0.4 is 9.47 Å². The highest BCUT2D eigenvalue weighted by Crippen LogP contribution is 2.44. The standard InChI is InChI=1S/C24H20BrNO6/c1-30-16-9-10-19(31-2)18(12-16)21-20(22(27)14-5-7-15(25)8-6-14)23(28)24(29)26(21)13-17-4-3-11-32-17/h3-12,21,27H,13H2,1-2H3. The molecule has 3 aromatic rings. The number of benzene rings is 2. The van der Waals surface area contributed by atoms with E-state index >= 15 is 0 Å². The van der Waals surface area contributed by atoms with Crippen molar-refractivity contribution in [1.29, 1.82) is 0 Å². The lowest BCUT2D eigenvalue weighted by molar-refractivity contribution is -0.140. The Balaban J connectivity index is 1.93. The number of ketones is 1. The number of methoxy groups -OCH3 is 2. The molecule has 1 amide bonds. The van der Waals surface area contributed by atoms with Gasteiger partial charge in [0.05, 0.1) is 38.6 Å². The summed E-state index contributed by atoms with van der Waals surface area (Å²) in [5.74, 6) is -0.325. The summed E-state index contributed by atoms with van der Waals surface area (Å²) in [7, 11) is 3.02. The lowest BCUT2D eigenvalue weighted by Gasteiger charge is -2.26. The number of amides is 1. The Bertz CT molecular complexity index is 1180. The molecule has 1 N–H and O–H groups in total. The smallest absolute Gasteiger partial charge is 0.296 e.